The van der Waals surface area contributed by atoms with Crippen molar-refractivity contribution in [1.82, 2.24) is 5.32 Å². The topological polar surface area (TPSA) is 55.4 Å². The second-order valence-electron chi connectivity index (χ2n) is 4.89. The number of hydrogen-bond acceptors (Lipinski definition) is 4. The van der Waals surface area contributed by atoms with Crippen LogP contribution >= 0.6 is 11.3 Å². The molecule has 0 spiro atoms. The van der Waals surface area contributed by atoms with E-state index in [-0.39, 0.29) is 24.3 Å². The Labute approximate surface area is 134 Å². The van der Waals surface area contributed by atoms with E-state index in [2.05, 4.69) is 5.32 Å². The number of rotatable bonds is 7. The van der Waals surface area contributed by atoms with Gasteiger partial charge in [-0.2, -0.15) is 0 Å². The Hall–Kier alpha value is -2.14. The first-order chi connectivity index (χ1) is 10.6. The van der Waals surface area contributed by atoms with Gasteiger partial charge in [0.15, 0.2) is 12.4 Å². The van der Waals surface area contributed by atoms with Gasteiger partial charge in [-0.1, -0.05) is 13.0 Å². The first-order valence-electron chi connectivity index (χ1n) is 7.19. The lowest BCUT2D eigenvalue weighted by molar-refractivity contribution is -0.123. The van der Waals surface area contributed by atoms with Crippen LogP contribution in [0.3, 0.4) is 0 Å². The molecule has 1 aromatic heterocycles. The van der Waals surface area contributed by atoms with Gasteiger partial charge in [-0.15, -0.1) is 11.3 Å². The Morgan fingerprint density at radius 3 is 2.55 bits per heavy atom. The summed E-state index contributed by atoms with van der Waals surface area (Å²) in [6.45, 7) is 3.72. The van der Waals surface area contributed by atoms with Crippen molar-refractivity contribution >= 4 is 23.0 Å². The van der Waals surface area contributed by atoms with Gasteiger partial charge in [0.2, 0.25) is 0 Å². The summed E-state index contributed by atoms with van der Waals surface area (Å²) in [4.78, 5) is 24.5. The van der Waals surface area contributed by atoms with Crippen LogP contribution in [0.2, 0.25) is 0 Å². The number of ether oxygens (including phenoxy) is 1. The highest BCUT2D eigenvalue weighted by molar-refractivity contribution is 7.10. The fourth-order valence-electron chi connectivity index (χ4n) is 1.98. The molecule has 4 nitrogen and oxygen atoms in total. The summed E-state index contributed by atoms with van der Waals surface area (Å²) < 4.78 is 5.43. The molecule has 1 unspecified atom stereocenters. The molecular formula is C17H19NO3S. The average Bonchev–Trinajstić information content (AvgIpc) is 3.07. The second kappa shape index (κ2) is 7.75. The molecule has 0 aliphatic carbocycles. The Balaban J connectivity index is 1.82. The fourth-order valence-corrected chi connectivity index (χ4v) is 2.72. The van der Waals surface area contributed by atoms with E-state index in [4.69, 9.17) is 4.74 Å². The predicted octanol–water partition coefficient (Wildman–Crippen LogP) is 3.60. The molecule has 1 atom stereocenters. The molecule has 0 saturated heterocycles. The third kappa shape index (κ3) is 4.43. The van der Waals surface area contributed by atoms with Crippen molar-refractivity contribution in [1.29, 1.82) is 0 Å². The van der Waals surface area contributed by atoms with Gasteiger partial charge in [0.25, 0.3) is 5.91 Å². The summed E-state index contributed by atoms with van der Waals surface area (Å²) in [7, 11) is 0. The number of nitrogens with one attached hydrogen (secondary N) is 1. The van der Waals surface area contributed by atoms with Crippen molar-refractivity contribution in [3.8, 4) is 5.75 Å². The van der Waals surface area contributed by atoms with Crippen molar-refractivity contribution < 1.29 is 14.3 Å². The molecule has 0 radical (unpaired) electrons. The molecular weight excluding hydrogens is 298 g/mol. The minimum Gasteiger partial charge on any atom is -0.484 e. The van der Waals surface area contributed by atoms with Crippen molar-refractivity contribution in [2.75, 3.05) is 6.61 Å². The summed E-state index contributed by atoms with van der Waals surface area (Å²) >= 11 is 1.61. The van der Waals surface area contributed by atoms with Gasteiger partial charge < -0.3 is 10.1 Å². The standard InChI is InChI=1S/C17H19NO3S/c1-3-15(19)13-6-8-14(9-7-13)21-11-17(20)18-12(2)16-5-4-10-22-16/h4-10,12H,3,11H2,1-2H3,(H,18,20). The predicted molar refractivity (Wildman–Crippen MR) is 87.4 cm³/mol. The molecule has 116 valence electrons. The normalized spacial score (nSPS) is 11.7. The Bertz CT molecular complexity index is 620. The zero-order valence-electron chi connectivity index (χ0n) is 12.7. The largest absolute Gasteiger partial charge is 0.484 e. The highest BCUT2D eigenvalue weighted by atomic mass is 32.1. The Morgan fingerprint density at radius 1 is 1.23 bits per heavy atom. The SMILES string of the molecule is CCC(=O)c1ccc(OCC(=O)NC(C)c2cccs2)cc1. The van der Waals surface area contributed by atoms with Crippen LogP contribution in [0.25, 0.3) is 0 Å². The van der Waals surface area contributed by atoms with Gasteiger partial charge in [0.1, 0.15) is 5.75 Å². The molecule has 0 saturated carbocycles. The lowest BCUT2D eigenvalue weighted by atomic mass is 10.1. The molecule has 1 amide bonds. The molecule has 22 heavy (non-hydrogen) atoms. The third-order valence-electron chi connectivity index (χ3n) is 3.21. The van der Waals surface area contributed by atoms with Gasteiger partial charge in [-0.3, -0.25) is 9.59 Å². The lowest BCUT2D eigenvalue weighted by Gasteiger charge is -2.13. The van der Waals surface area contributed by atoms with Crippen LogP contribution in [0.15, 0.2) is 41.8 Å². The van der Waals surface area contributed by atoms with Gasteiger partial charge in [0, 0.05) is 16.9 Å². The molecule has 0 aliphatic heterocycles. The zero-order chi connectivity index (χ0) is 15.9. The highest BCUT2D eigenvalue weighted by Crippen LogP contribution is 2.18. The molecule has 2 rings (SSSR count). The highest BCUT2D eigenvalue weighted by Gasteiger charge is 2.11. The summed E-state index contributed by atoms with van der Waals surface area (Å²) in [5.41, 5.74) is 0.658. The van der Waals surface area contributed by atoms with Gasteiger partial charge in [0.05, 0.1) is 6.04 Å². The van der Waals surface area contributed by atoms with E-state index in [0.29, 0.717) is 17.7 Å². The first-order valence-corrected chi connectivity index (χ1v) is 8.07. The van der Waals surface area contributed by atoms with E-state index in [0.717, 1.165) is 4.88 Å². The number of ketones is 1. The van der Waals surface area contributed by atoms with E-state index in [9.17, 15) is 9.59 Å². The monoisotopic (exact) mass is 317 g/mol. The van der Waals surface area contributed by atoms with Gasteiger partial charge >= 0.3 is 0 Å². The quantitative estimate of drug-likeness (QED) is 0.794. The molecule has 1 N–H and O–H groups in total. The van der Waals surface area contributed by atoms with Crippen molar-refractivity contribution in [3.63, 3.8) is 0 Å². The molecule has 5 heteroatoms. The van der Waals surface area contributed by atoms with Crippen LogP contribution in [0, 0.1) is 0 Å². The minimum atomic E-state index is -0.172. The Morgan fingerprint density at radius 2 is 1.95 bits per heavy atom. The smallest absolute Gasteiger partial charge is 0.258 e. The maximum Gasteiger partial charge on any atom is 0.258 e. The van der Waals surface area contributed by atoms with Crippen molar-refractivity contribution in [2.24, 2.45) is 0 Å². The zero-order valence-corrected chi connectivity index (χ0v) is 13.5. The summed E-state index contributed by atoms with van der Waals surface area (Å²) in [6, 6.07) is 10.8. The van der Waals surface area contributed by atoms with Crippen LogP contribution in [0.5, 0.6) is 5.75 Å². The third-order valence-corrected chi connectivity index (χ3v) is 4.27. The number of Topliss-reactive ketones (excluding diaryl/α,β-unsaturated/α-hetero) is 1. The van der Waals surface area contributed by atoms with Crippen molar-refractivity contribution in [3.05, 3.63) is 52.2 Å². The summed E-state index contributed by atoms with van der Waals surface area (Å²) in [5, 5.41) is 4.86. The number of carbonyl (C=O) groups excluding carboxylic acids is 2. The molecule has 0 aliphatic rings. The number of carbonyl (C=O) groups is 2. The summed E-state index contributed by atoms with van der Waals surface area (Å²) in [6.07, 6.45) is 0.475. The molecule has 1 heterocycles. The van der Waals surface area contributed by atoms with Crippen molar-refractivity contribution in [2.45, 2.75) is 26.3 Å². The fraction of sp³-hybridized carbons (Fsp3) is 0.294. The van der Waals surface area contributed by atoms with E-state index >= 15 is 0 Å². The molecule has 0 fully saturated rings. The van der Waals surface area contributed by atoms with E-state index < -0.39 is 0 Å². The Kier molecular flexibility index (Phi) is 5.72. The molecule has 2 aromatic rings. The van der Waals surface area contributed by atoms with Gasteiger partial charge in [-0.25, -0.2) is 0 Å². The number of thiophene rings is 1. The van der Waals surface area contributed by atoms with Crippen LogP contribution in [-0.4, -0.2) is 18.3 Å². The minimum absolute atomic E-state index is 0.0272. The average molecular weight is 317 g/mol. The maximum atomic E-state index is 11.9. The van der Waals surface area contributed by atoms with Crippen LogP contribution in [0.4, 0.5) is 0 Å². The van der Waals surface area contributed by atoms with E-state index in [1.807, 2.05) is 31.4 Å². The summed E-state index contributed by atoms with van der Waals surface area (Å²) in [5.74, 6) is 0.496. The lowest BCUT2D eigenvalue weighted by Crippen LogP contribution is -2.30. The second-order valence-corrected chi connectivity index (χ2v) is 5.87. The maximum absolute atomic E-state index is 11.9. The van der Waals surface area contributed by atoms with Crippen LogP contribution < -0.4 is 10.1 Å². The first kappa shape index (κ1) is 16.2. The number of amides is 1. The van der Waals surface area contributed by atoms with Crippen LogP contribution in [0.1, 0.15) is 41.5 Å². The molecule has 0 bridgehead atoms. The number of hydrogen-bond donors (Lipinski definition) is 1. The van der Waals surface area contributed by atoms with E-state index in [1.54, 1.807) is 35.6 Å². The van der Waals surface area contributed by atoms with Gasteiger partial charge in [-0.05, 0) is 42.6 Å². The molecule has 1 aromatic carbocycles. The van der Waals surface area contributed by atoms with E-state index in [1.165, 1.54) is 0 Å². The number of benzene rings is 1. The van der Waals surface area contributed by atoms with Crippen LogP contribution in [-0.2, 0) is 4.79 Å².